The van der Waals surface area contributed by atoms with Crippen LogP contribution in [0.4, 0.5) is 0 Å². The third kappa shape index (κ3) is 3.24. The summed E-state index contributed by atoms with van der Waals surface area (Å²) in [5.74, 6) is 0.894. The maximum Gasteiger partial charge on any atom is 0.149 e. The van der Waals surface area contributed by atoms with Gasteiger partial charge in [0.05, 0.1) is 4.90 Å². The fourth-order valence-electron chi connectivity index (χ4n) is 3.37. The lowest BCUT2D eigenvalue weighted by molar-refractivity contribution is 0.625. The summed E-state index contributed by atoms with van der Waals surface area (Å²) in [7, 11) is 0. The second-order valence-electron chi connectivity index (χ2n) is 6.49. The van der Waals surface area contributed by atoms with Crippen molar-refractivity contribution in [1.82, 2.24) is 0 Å². The van der Waals surface area contributed by atoms with Gasteiger partial charge >= 0.3 is 0 Å². The van der Waals surface area contributed by atoms with Crippen molar-refractivity contribution in [1.29, 1.82) is 0 Å². The van der Waals surface area contributed by atoms with Gasteiger partial charge in [0.25, 0.3) is 0 Å². The van der Waals surface area contributed by atoms with Gasteiger partial charge in [0, 0.05) is 25.3 Å². The Morgan fingerprint density at radius 2 is 1.61 bits per heavy atom. The first-order valence-electron chi connectivity index (χ1n) is 8.83. The van der Waals surface area contributed by atoms with Crippen LogP contribution in [0.25, 0.3) is 33.1 Å². The number of benzene rings is 4. The number of hydrogen-bond donors (Lipinski definition) is 0. The van der Waals surface area contributed by atoms with Crippen molar-refractivity contribution >= 4 is 61.0 Å². The summed E-state index contributed by atoms with van der Waals surface area (Å²) in [5.41, 5.74) is 1.96. The maximum atomic E-state index is 6.36. The third-order valence-corrected chi connectivity index (χ3v) is 6.51. The Balaban J connectivity index is 1.80. The van der Waals surface area contributed by atoms with Crippen LogP contribution >= 0.6 is 39.3 Å². The summed E-state index contributed by atoms with van der Waals surface area (Å²) in [6.45, 7) is 0. The van der Waals surface area contributed by atoms with Crippen LogP contribution in [0.3, 0.4) is 0 Å². The Morgan fingerprint density at radius 1 is 0.821 bits per heavy atom. The summed E-state index contributed by atoms with van der Waals surface area (Å²) in [6.07, 6.45) is 0. The Kier molecular flexibility index (Phi) is 4.67. The SMILES string of the molecule is Clc1ccc(Sc2c(-c3ccccc3)oc3ccc4cc(Br)ccc4c23)cc1. The van der Waals surface area contributed by atoms with Crippen LogP contribution in [0, 0.1) is 0 Å². The lowest BCUT2D eigenvalue weighted by Gasteiger charge is -2.06. The number of furan rings is 1. The molecule has 0 N–H and O–H groups in total. The van der Waals surface area contributed by atoms with E-state index < -0.39 is 0 Å². The van der Waals surface area contributed by atoms with E-state index >= 15 is 0 Å². The molecular formula is C24H14BrClOS. The minimum Gasteiger partial charge on any atom is -0.455 e. The quantitative estimate of drug-likeness (QED) is 0.264. The van der Waals surface area contributed by atoms with Gasteiger partial charge < -0.3 is 4.42 Å². The van der Waals surface area contributed by atoms with Crippen molar-refractivity contribution in [2.24, 2.45) is 0 Å². The van der Waals surface area contributed by atoms with Gasteiger partial charge in [-0.3, -0.25) is 0 Å². The average Bonchev–Trinajstić information content (AvgIpc) is 3.09. The minimum absolute atomic E-state index is 0.736. The van der Waals surface area contributed by atoms with E-state index in [1.807, 2.05) is 42.5 Å². The van der Waals surface area contributed by atoms with E-state index in [0.717, 1.165) is 41.6 Å². The predicted octanol–water partition coefficient (Wildman–Crippen LogP) is 8.82. The highest BCUT2D eigenvalue weighted by Gasteiger charge is 2.19. The van der Waals surface area contributed by atoms with Crippen molar-refractivity contribution in [2.45, 2.75) is 9.79 Å². The zero-order valence-electron chi connectivity index (χ0n) is 14.7. The fourth-order valence-corrected chi connectivity index (χ4v) is 4.94. The van der Waals surface area contributed by atoms with Crippen LogP contribution in [0.15, 0.2) is 104 Å². The molecule has 136 valence electrons. The molecule has 1 nitrogen and oxygen atoms in total. The Hall–Kier alpha value is -2.20. The standard InChI is InChI=1S/C24H14BrClOS/c25-17-7-12-20-16(14-17)6-13-21-22(20)24(28-19-10-8-18(26)9-11-19)23(27-21)15-4-2-1-3-5-15/h1-14H. The summed E-state index contributed by atoms with van der Waals surface area (Å²) in [5, 5.41) is 4.24. The van der Waals surface area contributed by atoms with E-state index in [0.29, 0.717) is 0 Å². The van der Waals surface area contributed by atoms with Gasteiger partial charge in [-0.05, 0) is 53.2 Å². The average molecular weight is 466 g/mol. The van der Waals surface area contributed by atoms with Crippen LogP contribution < -0.4 is 0 Å². The van der Waals surface area contributed by atoms with Crippen molar-refractivity contribution in [3.8, 4) is 11.3 Å². The van der Waals surface area contributed by atoms with E-state index in [2.05, 4.69) is 58.4 Å². The molecule has 0 fully saturated rings. The molecule has 0 spiro atoms. The monoisotopic (exact) mass is 464 g/mol. The molecule has 0 aliphatic carbocycles. The third-order valence-electron chi connectivity index (χ3n) is 4.66. The largest absolute Gasteiger partial charge is 0.455 e. The van der Waals surface area contributed by atoms with Gasteiger partial charge in [-0.15, -0.1) is 0 Å². The molecule has 0 amide bonds. The zero-order valence-corrected chi connectivity index (χ0v) is 17.8. The Morgan fingerprint density at radius 3 is 2.39 bits per heavy atom. The highest BCUT2D eigenvalue weighted by atomic mass is 79.9. The van der Waals surface area contributed by atoms with Gasteiger partial charge in [0.1, 0.15) is 11.3 Å². The molecule has 0 saturated heterocycles. The number of fused-ring (bicyclic) bond motifs is 3. The normalized spacial score (nSPS) is 11.4. The fraction of sp³-hybridized carbons (Fsp3) is 0. The van der Waals surface area contributed by atoms with Crippen LogP contribution in [0.2, 0.25) is 5.02 Å². The van der Waals surface area contributed by atoms with Crippen LogP contribution in [0.1, 0.15) is 0 Å². The second-order valence-corrected chi connectivity index (χ2v) is 8.92. The molecule has 5 rings (SSSR count). The summed E-state index contributed by atoms with van der Waals surface area (Å²) < 4.78 is 7.43. The summed E-state index contributed by atoms with van der Waals surface area (Å²) in [4.78, 5) is 2.25. The lowest BCUT2D eigenvalue weighted by Crippen LogP contribution is -1.80. The zero-order chi connectivity index (χ0) is 19.1. The highest BCUT2D eigenvalue weighted by Crippen LogP contribution is 2.46. The Bertz CT molecular complexity index is 1290. The van der Waals surface area contributed by atoms with Crippen LogP contribution in [0.5, 0.6) is 0 Å². The number of hydrogen-bond acceptors (Lipinski definition) is 2. The number of rotatable bonds is 3. The smallest absolute Gasteiger partial charge is 0.149 e. The highest BCUT2D eigenvalue weighted by molar-refractivity contribution is 9.10. The molecule has 28 heavy (non-hydrogen) atoms. The molecule has 0 bridgehead atoms. The molecule has 0 aliphatic rings. The first-order chi connectivity index (χ1) is 13.7. The first-order valence-corrected chi connectivity index (χ1v) is 10.8. The van der Waals surface area contributed by atoms with Gasteiger partial charge in [-0.25, -0.2) is 0 Å². The number of halogens is 2. The van der Waals surface area contributed by atoms with Crippen molar-refractivity contribution in [3.63, 3.8) is 0 Å². The predicted molar refractivity (Wildman–Crippen MR) is 122 cm³/mol. The van der Waals surface area contributed by atoms with E-state index in [4.69, 9.17) is 16.0 Å². The summed E-state index contributed by atoms with van der Waals surface area (Å²) >= 11 is 11.4. The topological polar surface area (TPSA) is 13.1 Å². The summed E-state index contributed by atoms with van der Waals surface area (Å²) in [6, 6.07) is 28.7. The van der Waals surface area contributed by atoms with Crippen LogP contribution in [-0.2, 0) is 0 Å². The molecule has 0 saturated carbocycles. The molecule has 1 heterocycles. The van der Waals surface area contributed by atoms with Crippen LogP contribution in [-0.4, -0.2) is 0 Å². The lowest BCUT2D eigenvalue weighted by atomic mass is 10.1. The molecule has 5 aromatic rings. The molecule has 0 unspecified atom stereocenters. The van der Waals surface area contributed by atoms with Crippen molar-refractivity contribution in [2.75, 3.05) is 0 Å². The van der Waals surface area contributed by atoms with E-state index in [-0.39, 0.29) is 0 Å². The second kappa shape index (κ2) is 7.32. The molecular weight excluding hydrogens is 452 g/mol. The first kappa shape index (κ1) is 17.9. The van der Waals surface area contributed by atoms with Crippen molar-refractivity contribution in [3.05, 3.63) is 94.4 Å². The van der Waals surface area contributed by atoms with Gasteiger partial charge in [0.15, 0.2) is 0 Å². The molecule has 0 atom stereocenters. The van der Waals surface area contributed by atoms with E-state index in [9.17, 15) is 0 Å². The van der Waals surface area contributed by atoms with Crippen molar-refractivity contribution < 1.29 is 4.42 Å². The van der Waals surface area contributed by atoms with Gasteiger partial charge in [-0.2, -0.15) is 0 Å². The van der Waals surface area contributed by atoms with Gasteiger partial charge in [0.2, 0.25) is 0 Å². The molecule has 0 radical (unpaired) electrons. The Labute approximate surface area is 180 Å². The maximum absolute atomic E-state index is 6.36. The molecule has 4 heteroatoms. The molecule has 0 aliphatic heterocycles. The van der Waals surface area contributed by atoms with E-state index in [1.54, 1.807) is 11.8 Å². The van der Waals surface area contributed by atoms with Gasteiger partial charge in [-0.1, -0.05) is 81.8 Å². The molecule has 4 aromatic carbocycles. The minimum atomic E-state index is 0.736. The molecule has 1 aromatic heterocycles. The van der Waals surface area contributed by atoms with E-state index in [1.165, 1.54) is 10.8 Å².